The molecule has 14 heteroatoms. The Morgan fingerprint density at radius 1 is 1.12 bits per heavy atom. The summed E-state index contributed by atoms with van der Waals surface area (Å²) in [5.41, 5.74) is 3.76. The van der Waals surface area contributed by atoms with Crippen LogP contribution in [0.3, 0.4) is 0 Å². The van der Waals surface area contributed by atoms with Crippen molar-refractivity contribution in [1.82, 2.24) is 25.1 Å². The third-order valence-corrected chi connectivity index (χ3v) is 8.98. The Morgan fingerprint density at radius 2 is 1.90 bits per heavy atom. The number of pyridine rings is 2. The van der Waals surface area contributed by atoms with Crippen LogP contribution < -0.4 is 10.1 Å². The van der Waals surface area contributed by atoms with Crippen molar-refractivity contribution in [3.63, 3.8) is 0 Å². The number of sulfone groups is 2. The van der Waals surface area contributed by atoms with E-state index in [4.69, 9.17) is 4.74 Å². The molecule has 40 heavy (non-hydrogen) atoms. The van der Waals surface area contributed by atoms with Gasteiger partial charge in [-0.05, 0) is 35.9 Å². The maximum absolute atomic E-state index is 13.3. The van der Waals surface area contributed by atoms with Crippen LogP contribution in [0, 0.1) is 0 Å². The number of aromatic amines is 1. The van der Waals surface area contributed by atoms with Crippen LogP contribution in [0.2, 0.25) is 0 Å². The minimum atomic E-state index is -3.34. The van der Waals surface area contributed by atoms with E-state index in [0.717, 1.165) is 6.26 Å². The fourth-order valence-corrected chi connectivity index (χ4v) is 6.61. The van der Waals surface area contributed by atoms with Gasteiger partial charge in [0.25, 0.3) is 5.91 Å². The summed E-state index contributed by atoms with van der Waals surface area (Å²) in [7, 11) is -4.89. The van der Waals surface area contributed by atoms with Gasteiger partial charge in [0.2, 0.25) is 5.88 Å². The van der Waals surface area contributed by atoms with Gasteiger partial charge in [0.15, 0.2) is 19.7 Å². The summed E-state index contributed by atoms with van der Waals surface area (Å²) >= 11 is 0. The second-order valence-corrected chi connectivity index (χ2v) is 14.2. The number of fused-ring (bicyclic) bond motifs is 1. The predicted octanol–water partition coefficient (Wildman–Crippen LogP) is 2.06. The molecule has 3 aromatic heterocycles. The number of amides is 1. The summed E-state index contributed by atoms with van der Waals surface area (Å²) in [6, 6.07) is 10.5. The molecule has 0 saturated carbocycles. The Balaban J connectivity index is 1.41. The molecule has 1 aliphatic rings. The molecule has 0 radical (unpaired) electrons. The SMILES string of the molecule is COc1ncc(-c2cc(NC(=O)c3cccc(CN4CCS(=O)(=O)CC4)n3)c3cn[nH]c3c2)cc1CS(C)(=O)=O. The second kappa shape index (κ2) is 10.9. The summed E-state index contributed by atoms with van der Waals surface area (Å²) in [5, 5.41) is 10.6. The van der Waals surface area contributed by atoms with Gasteiger partial charge in [-0.25, -0.2) is 26.8 Å². The molecule has 1 aromatic carbocycles. The van der Waals surface area contributed by atoms with E-state index in [0.29, 0.717) is 58.6 Å². The topological polar surface area (TPSA) is 164 Å². The highest BCUT2D eigenvalue weighted by Gasteiger charge is 2.22. The van der Waals surface area contributed by atoms with Crippen LogP contribution in [0.15, 0.2) is 48.8 Å². The van der Waals surface area contributed by atoms with Gasteiger partial charge in [0, 0.05) is 48.6 Å². The maximum atomic E-state index is 13.3. The lowest BCUT2D eigenvalue weighted by Gasteiger charge is -2.26. The van der Waals surface area contributed by atoms with Crippen LogP contribution in [-0.4, -0.2) is 85.8 Å². The van der Waals surface area contributed by atoms with E-state index >= 15 is 0 Å². The number of rotatable bonds is 8. The Bertz CT molecular complexity index is 1790. The van der Waals surface area contributed by atoms with E-state index in [1.807, 2.05) is 11.0 Å². The second-order valence-electron chi connectivity index (χ2n) is 9.71. The summed E-state index contributed by atoms with van der Waals surface area (Å²) < 4.78 is 52.6. The average molecular weight is 585 g/mol. The normalized spacial score (nSPS) is 15.7. The summed E-state index contributed by atoms with van der Waals surface area (Å²) in [6.07, 6.45) is 4.32. The summed E-state index contributed by atoms with van der Waals surface area (Å²) in [5.74, 6) is -0.203. The van der Waals surface area contributed by atoms with Crippen molar-refractivity contribution < 1.29 is 26.4 Å². The lowest BCUT2D eigenvalue weighted by molar-refractivity contribution is 0.102. The molecule has 1 aliphatic heterocycles. The monoisotopic (exact) mass is 584 g/mol. The highest BCUT2D eigenvalue weighted by Crippen LogP contribution is 2.32. The molecule has 2 N–H and O–H groups in total. The zero-order valence-electron chi connectivity index (χ0n) is 21.9. The molecule has 0 bridgehead atoms. The highest BCUT2D eigenvalue weighted by molar-refractivity contribution is 7.91. The van der Waals surface area contributed by atoms with E-state index in [1.165, 1.54) is 7.11 Å². The minimum Gasteiger partial charge on any atom is -0.481 e. The number of nitrogens with zero attached hydrogens (tertiary/aromatic N) is 4. The first-order chi connectivity index (χ1) is 19.0. The molecule has 1 amide bonds. The molecule has 0 unspecified atom stereocenters. The molecule has 0 aliphatic carbocycles. The van der Waals surface area contributed by atoms with Crippen LogP contribution >= 0.6 is 0 Å². The molecular formula is C26H28N6O6S2. The van der Waals surface area contributed by atoms with E-state index in [-0.39, 0.29) is 28.8 Å². The van der Waals surface area contributed by atoms with Gasteiger partial charge in [-0.1, -0.05) is 6.07 Å². The molecule has 1 fully saturated rings. The molecule has 210 valence electrons. The molecule has 12 nitrogen and oxygen atoms in total. The Hall–Kier alpha value is -3.88. The lowest BCUT2D eigenvalue weighted by atomic mass is 10.0. The Labute approximate surface area is 231 Å². The quantitative estimate of drug-likeness (QED) is 0.313. The van der Waals surface area contributed by atoms with Crippen LogP contribution in [0.25, 0.3) is 22.0 Å². The van der Waals surface area contributed by atoms with Gasteiger partial charge in [-0.15, -0.1) is 0 Å². The molecule has 4 aromatic rings. The Morgan fingerprint density at radius 3 is 2.62 bits per heavy atom. The molecule has 5 rings (SSSR count). The summed E-state index contributed by atoms with van der Waals surface area (Å²) in [6.45, 7) is 1.30. The van der Waals surface area contributed by atoms with Gasteiger partial charge in [0.1, 0.15) is 5.69 Å². The number of aromatic nitrogens is 4. The molecular weight excluding hydrogens is 556 g/mol. The van der Waals surface area contributed by atoms with Crippen molar-refractivity contribution in [2.24, 2.45) is 0 Å². The smallest absolute Gasteiger partial charge is 0.274 e. The zero-order chi connectivity index (χ0) is 28.5. The van der Waals surface area contributed by atoms with E-state index in [2.05, 4.69) is 25.5 Å². The number of nitrogens with one attached hydrogen (secondary N) is 2. The van der Waals surface area contributed by atoms with Crippen molar-refractivity contribution in [3.05, 3.63) is 65.7 Å². The van der Waals surface area contributed by atoms with Crippen molar-refractivity contribution >= 4 is 42.2 Å². The van der Waals surface area contributed by atoms with Crippen molar-refractivity contribution in [1.29, 1.82) is 0 Å². The van der Waals surface area contributed by atoms with Crippen molar-refractivity contribution in [3.8, 4) is 17.0 Å². The van der Waals surface area contributed by atoms with Gasteiger partial charge >= 0.3 is 0 Å². The minimum absolute atomic E-state index is 0.115. The van der Waals surface area contributed by atoms with Crippen molar-refractivity contribution in [2.75, 3.05) is 43.3 Å². The van der Waals surface area contributed by atoms with E-state index in [9.17, 15) is 21.6 Å². The first-order valence-corrected chi connectivity index (χ1v) is 16.3. The number of carbonyl (C=O) groups excluding carboxylic acids is 1. The first kappa shape index (κ1) is 27.7. The molecule has 0 atom stereocenters. The number of methoxy groups -OCH3 is 1. The summed E-state index contributed by atoms with van der Waals surface area (Å²) in [4.78, 5) is 24.1. The number of hydrogen-bond donors (Lipinski definition) is 2. The number of ether oxygens (including phenoxy) is 1. The van der Waals surface area contributed by atoms with E-state index in [1.54, 1.807) is 42.7 Å². The van der Waals surface area contributed by atoms with Crippen LogP contribution in [-0.2, 0) is 32.0 Å². The predicted molar refractivity (Wildman–Crippen MR) is 151 cm³/mol. The fraction of sp³-hybridized carbons (Fsp3) is 0.308. The largest absolute Gasteiger partial charge is 0.481 e. The standard InChI is InChI=1S/C26H28N6O6S2/c1-38-26-19(16-39(2,34)35)10-18(13-27-26)17-11-23(21-14-28-31-24(21)12-17)30-25(33)22-5-3-4-20(29-22)15-32-6-8-40(36,37)9-7-32/h3-5,10-14H,6-9,15-16H2,1-2H3,(H,28,31)(H,30,33). The fourth-order valence-electron chi connectivity index (χ4n) is 4.56. The van der Waals surface area contributed by atoms with Crippen LogP contribution in [0.1, 0.15) is 21.7 Å². The number of benzene rings is 1. The third kappa shape index (κ3) is 6.46. The van der Waals surface area contributed by atoms with Gasteiger partial charge in [-0.2, -0.15) is 5.10 Å². The first-order valence-electron chi connectivity index (χ1n) is 12.4. The van der Waals surface area contributed by atoms with Crippen LogP contribution in [0.5, 0.6) is 5.88 Å². The molecule has 1 saturated heterocycles. The molecule has 4 heterocycles. The van der Waals surface area contributed by atoms with Crippen molar-refractivity contribution in [2.45, 2.75) is 12.3 Å². The lowest BCUT2D eigenvalue weighted by Crippen LogP contribution is -2.39. The van der Waals surface area contributed by atoms with Crippen LogP contribution in [0.4, 0.5) is 5.69 Å². The third-order valence-electron chi connectivity index (χ3n) is 6.54. The van der Waals surface area contributed by atoms with E-state index < -0.39 is 25.6 Å². The molecule has 0 spiro atoms. The van der Waals surface area contributed by atoms with Gasteiger partial charge in [0.05, 0.1) is 47.5 Å². The number of carbonyl (C=O) groups is 1. The highest BCUT2D eigenvalue weighted by atomic mass is 32.2. The zero-order valence-corrected chi connectivity index (χ0v) is 23.5. The van der Waals surface area contributed by atoms with Gasteiger partial charge in [-0.3, -0.25) is 14.8 Å². The number of H-pyrrole nitrogens is 1. The maximum Gasteiger partial charge on any atom is 0.274 e. The average Bonchev–Trinajstić information content (AvgIpc) is 3.38. The Kier molecular flexibility index (Phi) is 7.57. The number of hydrogen-bond acceptors (Lipinski definition) is 10. The van der Waals surface area contributed by atoms with Gasteiger partial charge < -0.3 is 10.1 Å². The number of anilines is 1.